The van der Waals surface area contributed by atoms with Gasteiger partial charge in [-0.15, -0.1) is 0 Å². The number of aromatic nitrogens is 3. The Morgan fingerprint density at radius 3 is 2.76 bits per heavy atom. The topological polar surface area (TPSA) is 61.8 Å². The molecule has 1 fully saturated rings. The Kier molecular flexibility index (Phi) is 2.50. The van der Waals surface area contributed by atoms with Crippen LogP contribution in [-0.2, 0) is 0 Å². The van der Waals surface area contributed by atoms with Crippen LogP contribution in [0.2, 0.25) is 0 Å². The number of rotatable bonds is 1. The van der Waals surface area contributed by atoms with Crippen molar-refractivity contribution in [2.45, 2.75) is 44.9 Å². The number of aromatic amines is 1. The van der Waals surface area contributed by atoms with Gasteiger partial charge in [-0.1, -0.05) is 19.3 Å². The van der Waals surface area contributed by atoms with Gasteiger partial charge < -0.3 is 10.1 Å². The standard InChI is InChI=1S/C13H17N3O/c1-8-14-11-7-10(9-5-3-2-4-6-9)16-12(11)13(17)15-8/h7,9,17H,2-6H2,1H3,(H,14,15). The van der Waals surface area contributed by atoms with Crippen molar-refractivity contribution in [1.82, 2.24) is 15.0 Å². The zero-order chi connectivity index (χ0) is 11.8. The van der Waals surface area contributed by atoms with Crippen LogP contribution >= 0.6 is 0 Å². The van der Waals surface area contributed by atoms with Crippen LogP contribution in [0.3, 0.4) is 0 Å². The maximum Gasteiger partial charge on any atom is 0.241 e. The number of H-pyrrole nitrogens is 1. The van der Waals surface area contributed by atoms with Gasteiger partial charge in [0.05, 0.1) is 5.69 Å². The highest BCUT2D eigenvalue weighted by molar-refractivity contribution is 5.63. The van der Waals surface area contributed by atoms with Crippen molar-refractivity contribution in [2.24, 2.45) is 0 Å². The second-order valence-electron chi connectivity index (χ2n) is 4.92. The number of hydrogen-bond acceptors (Lipinski definition) is 3. The number of nitrogens with zero attached hydrogens (tertiary/aromatic N) is 2. The van der Waals surface area contributed by atoms with E-state index in [4.69, 9.17) is 0 Å². The van der Waals surface area contributed by atoms with Crippen LogP contribution in [0.15, 0.2) is 6.07 Å². The van der Waals surface area contributed by atoms with E-state index in [9.17, 15) is 5.11 Å². The number of aryl methyl sites for hydroxylation is 1. The average Bonchev–Trinajstić information content (AvgIpc) is 2.74. The van der Waals surface area contributed by atoms with E-state index >= 15 is 0 Å². The molecule has 1 saturated carbocycles. The predicted octanol–water partition coefficient (Wildman–Crippen LogP) is 2.97. The fourth-order valence-electron chi connectivity index (χ4n) is 2.75. The van der Waals surface area contributed by atoms with Crippen LogP contribution in [0, 0.1) is 6.92 Å². The number of hydrogen-bond donors (Lipinski definition) is 2. The van der Waals surface area contributed by atoms with Crippen molar-refractivity contribution in [2.75, 3.05) is 0 Å². The van der Waals surface area contributed by atoms with E-state index in [2.05, 4.69) is 21.0 Å². The fourth-order valence-corrected chi connectivity index (χ4v) is 2.75. The normalized spacial score (nSPS) is 17.7. The summed E-state index contributed by atoms with van der Waals surface area (Å²) in [6.07, 6.45) is 6.36. The third kappa shape index (κ3) is 1.88. The van der Waals surface area contributed by atoms with E-state index in [0.717, 1.165) is 17.2 Å². The van der Waals surface area contributed by atoms with Crippen LogP contribution in [0.4, 0.5) is 0 Å². The Hall–Kier alpha value is -1.58. The van der Waals surface area contributed by atoms with E-state index in [1.54, 1.807) is 0 Å². The van der Waals surface area contributed by atoms with Gasteiger partial charge in [-0.05, 0) is 25.8 Å². The van der Waals surface area contributed by atoms with E-state index in [1.807, 2.05) is 6.92 Å². The van der Waals surface area contributed by atoms with Gasteiger partial charge in [-0.25, -0.2) is 4.98 Å². The minimum Gasteiger partial charge on any atom is -0.492 e. The summed E-state index contributed by atoms with van der Waals surface area (Å²) in [5, 5.41) is 9.77. The third-order valence-electron chi connectivity index (χ3n) is 3.61. The SMILES string of the molecule is Cc1nc(O)c2nc(C3CCCCC3)cc-2[nH]1. The van der Waals surface area contributed by atoms with Gasteiger partial charge in [0.25, 0.3) is 0 Å². The molecule has 3 rings (SSSR count). The lowest BCUT2D eigenvalue weighted by atomic mass is 9.87. The van der Waals surface area contributed by atoms with Crippen molar-refractivity contribution in [1.29, 1.82) is 0 Å². The molecule has 0 unspecified atom stereocenters. The lowest BCUT2D eigenvalue weighted by Gasteiger charge is -2.19. The molecule has 2 heterocycles. The highest BCUT2D eigenvalue weighted by atomic mass is 16.3. The first kappa shape index (κ1) is 10.6. The highest BCUT2D eigenvalue weighted by Crippen LogP contribution is 2.36. The summed E-state index contributed by atoms with van der Waals surface area (Å²) in [5.74, 6) is 1.32. The third-order valence-corrected chi connectivity index (χ3v) is 3.61. The molecule has 2 N–H and O–H groups in total. The fraction of sp³-hybridized carbons (Fsp3) is 0.538. The minimum atomic E-state index is 0.0401. The lowest BCUT2D eigenvalue weighted by Crippen LogP contribution is -2.04. The second kappa shape index (κ2) is 4.02. The summed E-state index contributed by atoms with van der Waals surface area (Å²) in [7, 11) is 0. The molecule has 17 heavy (non-hydrogen) atoms. The molecule has 0 bridgehead atoms. The first-order valence-electron chi connectivity index (χ1n) is 6.30. The Morgan fingerprint density at radius 2 is 2.00 bits per heavy atom. The molecule has 4 nitrogen and oxygen atoms in total. The number of nitrogens with one attached hydrogen (secondary N) is 1. The molecule has 0 aromatic carbocycles. The first-order valence-corrected chi connectivity index (χ1v) is 6.30. The maximum absolute atomic E-state index is 9.77. The minimum absolute atomic E-state index is 0.0401. The maximum atomic E-state index is 9.77. The number of aromatic hydroxyl groups is 1. The van der Waals surface area contributed by atoms with Crippen LogP contribution in [0.1, 0.15) is 49.5 Å². The zero-order valence-corrected chi connectivity index (χ0v) is 10.0. The molecule has 3 aliphatic rings. The van der Waals surface area contributed by atoms with Gasteiger partial charge in [0.1, 0.15) is 11.5 Å². The Balaban J connectivity index is 2.01. The molecule has 0 spiro atoms. The molecule has 0 amide bonds. The van der Waals surface area contributed by atoms with Gasteiger partial charge >= 0.3 is 0 Å². The van der Waals surface area contributed by atoms with Crippen molar-refractivity contribution in [3.8, 4) is 17.3 Å². The van der Waals surface area contributed by atoms with Gasteiger partial charge in [-0.2, -0.15) is 4.98 Å². The summed E-state index contributed by atoms with van der Waals surface area (Å²) in [4.78, 5) is 11.7. The quantitative estimate of drug-likeness (QED) is 0.793. The first-order chi connectivity index (χ1) is 8.24. The molecule has 2 aliphatic heterocycles. The number of fused-ring (bicyclic) bond motifs is 1. The Bertz CT molecular complexity index is 500. The van der Waals surface area contributed by atoms with Crippen LogP contribution in [0.25, 0.3) is 11.4 Å². The van der Waals surface area contributed by atoms with E-state index in [1.165, 1.54) is 32.1 Å². The van der Waals surface area contributed by atoms with Gasteiger partial charge in [0, 0.05) is 11.6 Å². The molecule has 90 valence electrons. The zero-order valence-electron chi connectivity index (χ0n) is 10.0. The largest absolute Gasteiger partial charge is 0.492 e. The summed E-state index contributed by atoms with van der Waals surface area (Å²) in [5.41, 5.74) is 2.62. The lowest BCUT2D eigenvalue weighted by molar-refractivity contribution is 0.436. The second-order valence-corrected chi connectivity index (χ2v) is 4.92. The summed E-state index contributed by atoms with van der Waals surface area (Å²) in [6, 6.07) is 2.07. The Labute approximate surface area is 100 Å². The molecule has 4 heteroatoms. The van der Waals surface area contributed by atoms with E-state index < -0.39 is 0 Å². The van der Waals surface area contributed by atoms with Crippen molar-refractivity contribution in [3.05, 3.63) is 17.6 Å². The van der Waals surface area contributed by atoms with Crippen LogP contribution < -0.4 is 0 Å². The van der Waals surface area contributed by atoms with Crippen LogP contribution in [-0.4, -0.2) is 20.1 Å². The summed E-state index contributed by atoms with van der Waals surface area (Å²) >= 11 is 0. The van der Waals surface area contributed by atoms with Crippen molar-refractivity contribution >= 4 is 0 Å². The molecule has 0 saturated heterocycles. The molecule has 0 aromatic rings. The van der Waals surface area contributed by atoms with Crippen LogP contribution in [0.5, 0.6) is 5.88 Å². The average molecular weight is 231 g/mol. The Morgan fingerprint density at radius 1 is 1.24 bits per heavy atom. The van der Waals surface area contributed by atoms with Crippen molar-refractivity contribution < 1.29 is 5.11 Å². The van der Waals surface area contributed by atoms with Gasteiger partial charge in [-0.3, -0.25) is 0 Å². The summed E-state index contributed by atoms with van der Waals surface area (Å²) in [6.45, 7) is 1.84. The summed E-state index contributed by atoms with van der Waals surface area (Å²) < 4.78 is 0. The van der Waals surface area contributed by atoms with Gasteiger partial charge in [0.15, 0.2) is 0 Å². The van der Waals surface area contributed by atoms with Gasteiger partial charge in [0.2, 0.25) is 5.88 Å². The predicted molar refractivity (Wildman–Crippen MR) is 65.2 cm³/mol. The highest BCUT2D eigenvalue weighted by Gasteiger charge is 2.22. The van der Waals surface area contributed by atoms with Crippen molar-refractivity contribution in [3.63, 3.8) is 0 Å². The molecular formula is C13H17N3O. The molecule has 0 atom stereocenters. The molecule has 1 aliphatic carbocycles. The van der Waals surface area contributed by atoms with E-state index in [-0.39, 0.29) is 5.88 Å². The molecule has 0 radical (unpaired) electrons. The smallest absolute Gasteiger partial charge is 0.241 e. The monoisotopic (exact) mass is 231 g/mol. The molecular weight excluding hydrogens is 214 g/mol. The molecule has 0 aromatic heterocycles. The van der Waals surface area contributed by atoms with E-state index in [0.29, 0.717) is 11.6 Å².